The van der Waals surface area contributed by atoms with Crippen LogP contribution >= 0.6 is 0 Å². The van der Waals surface area contributed by atoms with Gasteiger partial charge in [0.15, 0.2) is 5.65 Å². The highest BCUT2D eigenvalue weighted by molar-refractivity contribution is 6.03. The Labute approximate surface area is 185 Å². The number of rotatable bonds is 4. The van der Waals surface area contributed by atoms with Crippen LogP contribution in [-0.2, 0) is 11.0 Å². The predicted octanol–water partition coefficient (Wildman–Crippen LogP) is 2.81. The average molecular weight is 466 g/mol. The molecule has 1 amide bonds. The van der Waals surface area contributed by atoms with Crippen molar-refractivity contribution in [3.8, 4) is 0 Å². The smallest absolute Gasteiger partial charge is 0.416 e. The largest absolute Gasteiger partial charge is 0.483 e. The molecule has 0 saturated heterocycles. The number of amides is 1. The summed E-state index contributed by atoms with van der Waals surface area (Å²) in [6, 6.07) is 4.75. The highest BCUT2D eigenvalue weighted by Crippen LogP contribution is 2.33. The number of aromatic nitrogens is 4. The number of nitrogens with one attached hydrogen (secondary N) is 2. The number of anilines is 2. The van der Waals surface area contributed by atoms with Gasteiger partial charge in [-0.05, 0) is 49.9 Å². The van der Waals surface area contributed by atoms with Crippen LogP contribution in [0.4, 0.5) is 24.9 Å². The maximum absolute atomic E-state index is 13.4. The van der Waals surface area contributed by atoms with E-state index in [0.29, 0.717) is 19.3 Å². The molecule has 1 fully saturated rings. The fraction of sp³-hybridized carbons (Fsp3) is 0.350. The van der Waals surface area contributed by atoms with Gasteiger partial charge in [0.25, 0.3) is 12.4 Å². The number of alkyl halides is 3. The molecule has 2 atom stereocenters. The Morgan fingerprint density at radius 1 is 1.27 bits per heavy atom. The van der Waals surface area contributed by atoms with Gasteiger partial charge in [-0.3, -0.25) is 19.9 Å². The maximum Gasteiger partial charge on any atom is 0.416 e. The van der Waals surface area contributed by atoms with Gasteiger partial charge in [0.2, 0.25) is 5.95 Å². The summed E-state index contributed by atoms with van der Waals surface area (Å²) < 4.78 is 41.3. The first-order valence-electron chi connectivity index (χ1n) is 9.93. The number of carbonyl (C=O) groups is 2. The number of pyridine rings is 2. The number of carbonyl (C=O) groups excluding carboxylic acids is 1. The zero-order chi connectivity index (χ0) is 24.0. The molecule has 1 aliphatic carbocycles. The molecule has 0 aromatic carbocycles. The molecule has 4 N–H and O–H groups in total. The minimum Gasteiger partial charge on any atom is -0.483 e. The van der Waals surface area contributed by atoms with Crippen molar-refractivity contribution >= 4 is 29.8 Å². The van der Waals surface area contributed by atoms with Gasteiger partial charge in [-0.15, -0.1) is 5.10 Å². The van der Waals surface area contributed by atoms with E-state index in [4.69, 9.17) is 9.90 Å². The topological polar surface area (TPSA) is 142 Å². The first kappa shape index (κ1) is 23.9. The molecule has 3 aromatic rings. The van der Waals surface area contributed by atoms with Crippen molar-refractivity contribution in [2.24, 2.45) is 0 Å². The molecule has 1 saturated carbocycles. The van der Waals surface area contributed by atoms with Crippen LogP contribution in [0.25, 0.3) is 5.65 Å². The van der Waals surface area contributed by atoms with Crippen molar-refractivity contribution in [2.75, 3.05) is 10.6 Å². The number of fused-ring (bicyclic) bond motifs is 1. The quantitative estimate of drug-likeness (QED) is 0.430. The maximum atomic E-state index is 13.4. The van der Waals surface area contributed by atoms with Crippen LogP contribution < -0.4 is 10.6 Å². The Balaban J connectivity index is 0.000000968. The van der Waals surface area contributed by atoms with Crippen LogP contribution in [-0.4, -0.2) is 54.3 Å². The van der Waals surface area contributed by atoms with Gasteiger partial charge in [0.1, 0.15) is 5.82 Å². The van der Waals surface area contributed by atoms with Crippen LogP contribution in [0.3, 0.4) is 0 Å². The van der Waals surface area contributed by atoms with Gasteiger partial charge in [0, 0.05) is 18.4 Å². The summed E-state index contributed by atoms with van der Waals surface area (Å²) in [6.45, 7) is -0.250. The number of nitrogens with zero attached hydrogens (tertiary/aromatic N) is 4. The van der Waals surface area contributed by atoms with E-state index in [0.717, 1.165) is 18.6 Å². The van der Waals surface area contributed by atoms with Gasteiger partial charge < -0.3 is 15.5 Å². The van der Waals surface area contributed by atoms with Gasteiger partial charge >= 0.3 is 6.18 Å². The molecule has 0 radical (unpaired) electrons. The Morgan fingerprint density at radius 3 is 2.67 bits per heavy atom. The van der Waals surface area contributed by atoms with E-state index in [9.17, 15) is 23.1 Å². The van der Waals surface area contributed by atoms with Crippen molar-refractivity contribution in [2.45, 2.75) is 44.0 Å². The van der Waals surface area contributed by atoms with E-state index in [2.05, 4.69) is 25.7 Å². The van der Waals surface area contributed by atoms with Gasteiger partial charge in [0.05, 0.1) is 17.2 Å². The minimum atomic E-state index is -4.57. The molecule has 3 aromatic heterocycles. The molecule has 0 bridgehead atoms. The summed E-state index contributed by atoms with van der Waals surface area (Å²) in [7, 11) is 0. The third-order valence-electron chi connectivity index (χ3n) is 4.91. The summed E-state index contributed by atoms with van der Waals surface area (Å²) >= 11 is 0. The fourth-order valence-electron chi connectivity index (χ4n) is 3.48. The average Bonchev–Trinajstić information content (AvgIpc) is 3.17. The van der Waals surface area contributed by atoms with E-state index in [-0.39, 0.29) is 35.5 Å². The van der Waals surface area contributed by atoms with Crippen LogP contribution in [0.1, 0.15) is 41.6 Å². The van der Waals surface area contributed by atoms with Gasteiger partial charge in [-0.25, -0.2) is 0 Å². The molecular formula is C20H21F3N6O4. The Kier molecular flexibility index (Phi) is 7.43. The van der Waals surface area contributed by atoms with Crippen molar-refractivity contribution < 1.29 is 33.0 Å². The Morgan fingerprint density at radius 2 is 2.03 bits per heavy atom. The zero-order valence-electron chi connectivity index (χ0n) is 17.2. The molecule has 3 heterocycles. The number of halogens is 3. The standard InChI is InChI=1S/C19H19F3N6O2.CH2O2/c20-19(21,22)12-7-15(24-13-4-1-5-14(29)9-13)28-16(8-12)25-18(27-28)26-17(30)11-3-2-6-23-10-11;2-1-3/h2-3,6-8,10,13-14,24,29H,1,4-5,9H2,(H,26,27,30);1H,(H,2,3). The third kappa shape index (κ3) is 6.16. The van der Waals surface area contributed by atoms with Crippen LogP contribution in [0.2, 0.25) is 0 Å². The number of hydrogen-bond acceptors (Lipinski definition) is 7. The van der Waals surface area contributed by atoms with Crippen molar-refractivity contribution in [3.63, 3.8) is 0 Å². The lowest BCUT2D eigenvalue weighted by Crippen LogP contribution is -2.30. The minimum absolute atomic E-state index is 0.0647. The highest BCUT2D eigenvalue weighted by Gasteiger charge is 2.33. The molecule has 33 heavy (non-hydrogen) atoms. The Hall–Kier alpha value is -3.74. The van der Waals surface area contributed by atoms with Crippen molar-refractivity contribution in [1.29, 1.82) is 0 Å². The molecule has 13 heteroatoms. The first-order chi connectivity index (χ1) is 15.7. The summed E-state index contributed by atoms with van der Waals surface area (Å²) in [6.07, 6.45) is 0.380. The second-order valence-electron chi connectivity index (χ2n) is 7.30. The van der Waals surface area contributed by atoms with Crippen molar-refractivity contribution in [3.05, 3.63) is 47.8 Å². The van der Waals surface area contributed by atoms with Gasteiger partial charge in [-0.2, -0.15) is 22.7 Å². The van der Waals surface area contributed by atoms with Gasteiger partial charge in [-0.1, -0.05) is 0 Å². The molecule has 0 spiro atoms. The first-order valence-corrected chi connectivity index (χ1v) is 9.93. The molecule has 176 valence electrons. The number of hydrogen-bond donors (Lipinski definition) is 4. The molecular weight excluding hydrogens is 445 g/mol. The van der Waals surface area contributed by atoms with E-state index in [1.165, 1.54) is 16.9 Å². The predicted molar refractivity (Wildman–Crippen MR) is 111 cm³/mol. The molecule has 1 aliphatic rings. The highest BCUT2D eigenvalue weighted by atomic mass is 19.4. The SMILES string of the molecule is O=C(Nc1nc2cc(C(F)(F)F)cc(NC3CCCC(O)C3)n2n1)c1cccnc1.O=CO. The Bertz CT molecular complexity index is 1110. The second kappa shape index (κ2) is 10.3. The lowest BCUT2D eigenvalue weighted by molar-refractivity contribution is -0.137. The summed E-state index contributed by atoms with van der Waals surface area (Å²) in [4.78, 5) is 28.5. The lowest BCUT2D eigenvalue weighted by Gasteiger charge is -2.27. The fourth-order valence-corrected chi connectivity index (χ4v) is 3.48. The monoisotopic (exact) mass is 466 g/mol. The lowest BCUT2D eigenvalue weighted by atomic mass is 9.93. The third-order valence-corrected chi connectivity index (χ3v) is 4.91. The van der Waals surface area contributed by atoms with Crippen LogP contribution in [0, 0.1) is 0 Å². The van der Waals surface area contributed by atoms with Crippen molar-refractivity contribution in [1.82, 2.24) is 19.6 Å². The van der Waals surface area contributed by atoms with Crippen LogP contribution in [0.5, 0.6) is 0 Å². The summed E-state index contributed by atoms with van der Waals surface area (Å²) in [5.41, 5.74) is -0.682. The normalized spacial score (nSPS) is 18.2. The summed E-state index contributed by atoms with van der Waals surface area (Å²) in [5.74, 6) is -0.567. The molecule has 4 rings (SSSR count). The van der Waals surface area contributed by atoms with E-state index in [1.54, 1.807) is 12.1 Å². The molecule has 0 aliphatic heterocycles. The second-order valence-corrected chi connectivity index (χ2v) is 7.30. The molecule has 10 nitrogen and oxygen atoms in total. The van der Waals surface area contributed by atoms with E-state index in [1.807, 2.05) is 0 Å². The number of carboxylic acid groups (broad SMARTS) is 1. The zero-order valence-corrected chi connectivity index (χ0v) is 17.2. The number of aliphatic hydroxyl groups is 1. The number of aliphatic hydroxyl groups excluding tert-OH is 1. The molecule has 2 unspecified atom stereocenters. The van der Waals surface area contributed by atoms with E-state index >= 15 is 0 Å². The summed E-state index contributed by atoms with van der Waals surface area (Å²) in [5, 5.41) is 26.4. The van der Waals surface area contributed by atoms with E-state index < -0.39 is 23.8 Å². The van der Waals surface area contributed by atoms with Crippen LogP contribution in [0.15, 0.2) is 36.7 Å².